The van der Waals surface area contributed by atoms with Crippen molar-refractivity contribution in [3.05, 3.63) is 78.0 Å². The molecule has 2 aromatic rings. The molecule has 1 aromatic carbocycles. The standard InChI is InChI=1S/C30H33N7O8/c1-18(36-12-6-5-9-21(16-36)31-29(43)22-11-10-20(30(44)45)14-24(22)38)28(42)32-23(15-27(40)41)25(39)17-37-26(33-34-35-37)13-19-7-3-2-4-8-19/h2-9,12,16,18,20,22-23H,10-11,13-15,17H2,1H3,(H,31,43)(H,32,42)(H,40,41)(H,44,45)/t18?,20?,22?,23-/m0/s1. The van der Waals surface area contributed by atoms with Crippen molar-refractivity contribution in [2.75, 3.05) is 0 Å². The fraction of sp³-hybridized carbons (Fsp3) is 0.367. The summed E-state index contributed by atoms with van der Waals surface area (Å²) in [5.41, 5.74) is 1.17. The zero-order valence-electron chi connectivity index (χ0n) is 24.4. The second-order valence-electron chi connectivity index (χ2n) is 10.8. The lowest BCUT2D eigenvalue weighted by Gasteiger charge is -2.27. The SMILES string of the molecule is CC(C(=O)N[C@@H](CC(=O)O)C(=O)Cn1nnnc1Cc1ccccc1)N1C=CC=CC(NC(=O)C2CCC(C(=O)O)CC2=O)=C1. The summed E-state index contributed by atoms with van der Waals surface area (Å²) in [6.07, 6.45) is 7.55. The van der Waals surface area contributed by atoms with E-state index in [4.69, 9.17) is 0 Å². The van der Waals surface area contributed by atoms with Gasteiger partial charge >= 0.3 is 11.9 Å². The highest BCUT2D eigenvalue weighted by Crippen LogP contribution is 2.27. The van der Waals surface area contributed by atoms with Crippen LogP contribution in [0.5, 0.6) is 0 Å². The predicted octanol–water partition coefficient (Wildman–Crippen LogP) is 0.594. The molecule has 0 saturated heterocycles. The maximum absolute atomic E-state index is 13.3. The van der Waals surface area contributed by atoms with Crippen molar-refractivity contribution in [3.8, 4) is 0 Å². The maximum Gasteiger partial charge on any atom is 0.306 e. The van der Waals surface area contributed by atoms with Crippen LogP contribution in [0.3, 0.4) is 0 Å². The molecule has 3 unspecified atom stereocenters. The summed E-state index contributed by atoms with van der Waals surface area (Å²) in [5, 5.41) is 35.2. The lowest BCUT2D eigenvalue weighted by atomic mass is 9.80. The van der Waals surface area contributed by atoms with E-state index >= 15 is 0 Å². The number of aromatic nitrogens is 4. The molecule has 1 saturated carbocycles. The Morgan fingerprint density at radius 3 is 2.51 bits per heavy atom. The van der Waals surface area contributed by atoms with Crippen LogP contribution in [0.1, 0.15) is 44.0 Å². The first-order valence-electron chi connectivity index (χ1n) is 14.3. The van der Waals surface area contributed by atoms with Crippen molar-refractivity contribution >= 4 is 35.3 Å². The molecular formula is C30H33N7O8. The first-order chi connectivity index (χ1) is 21.5. The summed E-state index contributed by atoms with van der Waals surface area (Å²) < 4.78 is 1.26. The molecule has 4 N–H and O–H groups in total. The number of amides is 2. The Hall–Kier alpha value is -5.47. The number of benzene rings is 1. The number of rotatable bonds is 13. The molecule has 2 aliphatic rings. The number of allylic oxidation sites excluding steroid dienone is 3. The van der Waals surface area contributed by atoms with E-state index in [2.05, 4.69) is 26.2 Å². The van der Waals surface area contributed by atoms with Gasteiger partial charge in [-0.05, 0) is 47.9 Å². The monoisotopic (exact) mass is 619 g/mol. The van der Waals surface area contributed by atoms with Crippen LogP contribution in [0, 0.1) is 11.8 Å². The van der Waals surface area contributed by atoms with Gasteiger partial charge in [0.25, 0.3) is 0 Å². The zero-order chi connectivity index (χ0) is 32.5. The third kappa shape index (κ3) is 8.78. The molecule has 236 valence electrons. The van der Waals surface area contributed by atoms with Crippen LogP contribution >= 0.6 is 0 Å². The maximum atomic E-state index is 13.3. The van der Waals surface area contributed by atoms with Gasteiger partial charge < -0.3 is 25.7 Å². The summed E-state index contributed by atoms with van der Waals surface area (Å²) in [7, 11) is 0. The van der Waals surface area contributed by atoms with Crippen LogP contribution < -0.4 is 10.6 Å². The van der Waals surface area contributed by atoms with Crippen molar-refractivity contribution in [3.63, 3.8) is 0 Å². The normalized spacial score (nSPS) is 19.2. The van der Waals surface area contributed by atoms with E-state index in [1.165, 1.54) is 22.7 Å². The second-order valence-corrected chi connectivity index (χ2v) is 10.8. The van der Waals surface area contributed by atoms with E-state index in [0.29, 0.717) is 12.2 Å². The highest BCUT2D eigenvalue weighted by atomic mass is 16.4. The van der Waals surface area contributed by atoms with Crippen molar-refractivity contribution < 1.29 is 39.0 Å². The molecule has 0 spiro atoms. The number of nitrogens with zero attached hydrogens (tertiary/aromatic N) is 5. The average Bonchev–Trinajstić information content (AvgIpc) is 3.29. The molecule has 4 atom stereocenters. The number of Topliss-reactive ketones (excluding diaryl/α,β-unsaturated/α-hetero) is 2. The topological polar surface area (TPSA) is 214 Å². The first-order valence-corrected chi connectivity index (χ1v) is 14.3. The fourth-order valence-corrected chi connectivity index (χ4v) is 4.96. The largest absolute Gasteiger partial charge is 0.481 e. The van der Waals surface area contributed by atoms with E-state index in [0.717, 1.165) is 5.56 Å². The predicted molar refractivity (Wildman–Crippen MR) is 156 cm³/mol. The Morgan fingerprint density at radius 1 is 1.07 bits per heavy atom. The lowest BCUT2D eigenvalue weighted by molar-refractivity contribution is -0.148. The van der Waals surface area contributed by atoms with Crippen molar-refractivity contribution in [1.82, 2.24) is 35.7 Å². The third-order valence-electron chi connectivity index (χ3n) is 7.53. The van der Waals surface area contributed by atoms with Crippen LogP contribution in [-0.2, 0) is 41.7 Å². The Kier molecular flexibility index (Phi) is 10.7. The molecule has 1 aromatic heterocycles. The van der Waals surface area contributed by atoms with Gasteiger partial charge in [-0.25, -0.2) is 4.68 Å². The van der Waals surface area contributed by atoms with E-state index in [-0.39, 0.29) is 31.5 Å². The van der Waals surface area contributed by atoms with E-state index in [1.807, 2.05) is 30.3 Å². The van der Waals surface area contributed by atoms with Crippen LogP contribution in [0.2, 0.25) is 0 Å². The molecule has 1 fully saturated rings. The number of hydrogen-bond acceptors (Lipinski definition) is 10. The van der Waals surface area contributed by atoms with E-state index in [9.17, 15) is 39.0 Å². The number of carboxylic acids is 2. The minimum Gasteiger partial charge on any atom is -0.481 e. The Balaban J connectivity index is 1.40. The number of tetrazole rings is 1. The Bertz CT molecular complexity index is 1550. The minimum atomic E-state index is -1.38. The summed E-state index contributed by atoms with van der Waals surface area (Å²) in [5.74, 6) is -6.07. The van der Waals surface area contributed by atoms with Gasteiger partial charge in [0.15, 0.2) is 11.6 Å². The second kappa shape index (κ2) is 14.8. The van der Waals surface area contributed by atoms with Crippen molar-refractivity contribution in [1.29, 1.82) is 0 Å². The number of ketones is 2. The van der Waals surface area contributed by atoms with Gasteiger partial charge in [0.05, 0.1) is 30.0 Å². The van der Waals surface area contributed by atoms with Gasteiger partial charge in [-0.1, -0.05) is 36.4 Å². The quantitative estimate of drug-likeness (QED) is 0.227. The van der Waals surface area contributed by atoms with Gasteiger partial charge in [0.1, 0.15) is 18.4 Å². The van der Waals surface area contributed by atoms with Gasteiger partial charge in [0.2, 0.25) is 11.8 Å². The van der Waals surface area contributed by atoms with Crippen LogP contribution in [-0.4, -0.2) is 82.7 Å². The summed E-state index contributed by atoms with van der Waals surface area (Å²) >= 11 is 0. The molecule has 2 amide bonds. The number of carboxylic acid groups (broad SMARTS) is 2. The molecule has 0 bridgehead atoms. The molecule has 15 nitrogen and oxygen atoms in total. The number of carbonyl (C=O) groups excluding carboxylic acids is 4. The Labute approximate surface area is 257 Å². The van der Waals surface area contributed by atoms with Crippen LogP contribution in [0.25, 0.3) is 0 Å². The van der Waals surface area contributed by atoms with Crippen LogP contribution in [0.15, 0.2) is 66.7 Å². The molecule has 4 rings (SSSR count). The molecule has 15 heteroatoms. The lowest BCUT2D eigenvalue weighted by Crippen LogP contribution is -2.50. The average molecular weight is 620 g/mol. The van der Waals surface area contributed by atoms with Gasteiger partial charge in [-0.15, -0.1) is 5.10 Å². The number of carbonyl (C=O) groups is 6. The first kappa shape index (κ1) is 32.4. The molecule has 2 heterocycles. The highest BCUT2D eigenvalue weighted by molar-refractivity contribution is 6.03. The molecule has 1 aliphatic heterocycles. The molecule has 45 heavy (non-hydrogen) atoms. The summed E-state index contributed by atoms with van der Waals surface area (Å²) in [6.45, 7) is 1.16. The summed E-state index contributed by atoms with van der Waals surface area (Å²) in [4.78, 5) is 76.0. The summed E-state index contributed by atoms with van der Waals surface area (Å²) in [6, 6.07) is 6.98. The fourth-order valence-electron chi connectivity index (χ4n) is 4.96. The zero-order valence-corrected chi connectivity index (χ0v) is 24.4. The van der Waals surface area contributed by atoms with E-state index in [1.54, 1.807) is 24.4 Å². The molecule has 0 radical (unpaired) electrons. The van der Waals surface area contributed by atoms with E-state index < -0.39 is 65.7 Å². The van der Waals surface area contributed by atoms with Crippen molar-refractivity contribution in [2.24, 2.45) is 11.8 Å². The molecule has 1 aliphatic carbocycles. The van der Waals surface area contributed by atoms with Gasteiger partial charge in [-0.3, -0.25) is 28.8 Å². The van der Waals surface area contributed by atoms with Crippen LogP contribution in [0.4, 0.5) is 0 Å². The smallest absolute Gasteiger partial charge is 0.306 e. The molecular weight excluding hydrogens is 586 g/mol. The number of aliphatic carboxylic acids is 2. The van der Waals surface area contributed by atoms with Gasteiger partial charge in [-0.2, -0.15) is 0 Å². The number of nitrogens with one attached hydrogen (secondary N) is 2. The van der Waals surface area contributed by atoms with Crippen molar-refractivity contribution in [2.45, 2.75) is 57.7 Å². The third-order valence-corrected chi connectivity index (χ3v) is 7.53. The number of hydrogen-bond donors (Lipinski definition) is 4. The van der Waals surface area contributed by atoms with Gasteiger partial charge in [0, 0.05) is 25.2 Å². The minimum absolute atomic E-state index is 0.108. The highest BCUT2D eigenvalue weighted by Gasteiger charge is 2.36. The Morgan fingerprint density at radius 2 is 1.82 bits per heavy atom.